The Hall–Kier alpha value is -2.85. The molecular weight excluding hydrogens is 324 g/mol. The van der Waals surface area contributed by atoms with E-state index >= 15 is 0 Å². The lowest BCUT2D eigenvalue weighted by molar-refractivity contribution is 0.301. The van der Waals surface area contributed by atoms with Crippen molar-refractivity contribution in [2.75, 3.05) is 7.11 Å². The van der Waals surface area contributed by atoms with Crippen molar-refractivity contribution in [1.29, 1.82) is 0 Å². The first kappa shape index (κ1) is 18.0. The van der Waals surface area contributed by atoms with E-state index in [1.807, 2.05) is 42.5 Å². The van der Waals surface area contributed by atoms with E-state index in [0.717, 1.165) is 23.7 Å². The lowest BCUT2D eigenvalue weighted by atomic mass is 10.1. The highest BCUT2D eigenvalue weighted by Gasteiger charge is 2.06. The van der Waals surface area contributed by atoms with Crippen LogP contribution in [0.5, 0.6) is 11.5 Å². The molecule has 3 aromatic rings. The van der Waals surface area contributed by atoms with Gasteiger partial charge in [-0.1, -0.05) is 30.3 Å². The fraction of sp³-hybridized carbons (Fsp3) is 0.227. The first-order chi connectivity index (χ1) is 12.7. The number of nitrogens with zero attached hydrogens (tertiary/aromatic N) is 1. The number of methoxy groups -OCH3 is 1. The Bertz CT molecular complexity index is 821. The summed E-state index contributed by atoms with van der Waals surface area (Å²) in [6, 6.07) is 22.3. The maximum absolute atomic E-state index is 5.85. The maximum Gasteiger partial charge on any atom is 0.130 e. The van der Waals surface area contributed by atoms with Crippen molar-refractivity contribution < 1.29 is 9.47 Å². The summed E-state index contributed by atoms with van der Waals surface area (Å²) in [5.74, 6) is 1.73. The summed E-state index contributed by atoms with van der Waals surface area (Å²) in [7, 11) is 1.69. The Morgan fingerprint density at radius 1 is 0.962 bits per heavy atom. The molecule has 4 heteroatoms. The van der Waals surface area contributed by atoms with Crippen LogP contribution in [0.25, 0.3) is 0 Å². The van der Waals surface area contributed by atoms with Crippen LogP contribution in [0, 0.1) is 0 Å². The first-order valence-corrected chi connectivity index (χ1v) is 8.73. The third kappa shape index (κ3) is 5.07. The van der Waals surface area contributed by atoms with E-state index < -0.39 is 0 Å². The summed E-state index contributed by atoms with van der Waals surface area (Å²) in [5, 5.41) is 3.54. The number of benzene rings is 2. The lowest BCUT2D eigenvalue weighted by Crippen LogP contribution is -2.18. The maximum atomic E-state index is 5.85. The zero-order chi connectivity index (χ0) is 18.2. The monoisotopic (exact) mass is 348 g/mol. The Morgan fingerprint density at radius 3 is 2.62 bits per heavy atom. The number of hydrogen-bond acceptors (Lipinski definition) is 4. The normalized spacial score (nSPS) is 11.8. The average Bonchev–Trinajstić information content (AvgIpc) is 2.71. The van der Waals surface area contributed by atoms with Crippen LogP contribution in [0.4, 0.5) is 0 Å². The van der Waals surface area contributed by atoms with Gasteiger partial charge in [0.2, 0.25) is 0 Å². The molecule has 0 aliphatic rings. The zero-order valence-corrected chi connectivity index (χ0v) is 15.2. The number of rotatable bonds is 8. The Labute approximate surface area is 154 Å². The van der Waals surface area contributed by atoms with Gasteiger partial charge in [-0.3, -0.25) is 4.98 Å². The van der Waals surface area contributed by atoms with E-state index in [0.29, 0.717) is 6.61 Å². The molecular formula is C22H24N2O2. The van der Waals surface area contributed by atoms with Gasteiger partial charge < -0.3 is 14.8 Å². The van der Waals surface area contributed by atoms with E-state index in [2.05, 4.69) is 41.5 Å². The van der Waals surface area contributed by atoms with Crippen LogP contribution in [-0.4, -0.2) is 12.1 Å². The molecule has 0 saturated heterocycles. The highest BCUT2D eigenvalue weighted by atomic mass is 16.5. The van der Waals surface area contributed by atoms with Gasteiger partial charge in [-0.05, 0) is 54.4 Å². The van der Waals surface area contributed by atoms with Gasteiger partial charge in [0.1, 0.15) is 18.1 Å². The van der Waals surface area contributed by atoms with Gasteiger partial charge in [-0.2, -0.15) is 0 Å². The number of pyridine rings is 1. The van der Waals surface area contributed by atoms with Crippen molar-refractivity contribution in [3.63, 3.8) is 0 Å². The summed E-state index contributed by atoms with van der Waals surface area (Å²) >= 11 is 0. The molecule has 0 amide bonds. The molecule has 0 aliphatic heterocycles. The molecule has 0 spiro atoms. The molecule has 1 atom stereocenters. The van der Waals surface area contributed by atoms with E-state index in [1.165, 1.54) is 11.1 Å². The van der Waals surface area contributed by atoms with Crippen LogP contribution in [0.1, 0.15) is 29.8 Å². The van der Waals surface area contributed by atoms with Crippen molar-refractivity contribution in [3.05, 3.63) is 89.7 Å². The van der Waals surface area contributed by atoms with E-state index in [4.69, 9.17) is 9.47 Å². The second-order valence-corrected chi connectivity index (χ2v) is 6.14. The van der Waals surface area contributed by atoms with Gasteiger partial charge in [-0.15, -0.1) is 0 Å². The Morgan fingerprint density at radius 2 is 1.81 bits per heavy atom. The predicted molar refractivity (Wildman–Crippen MR) is 103 cm³/mol. The summed E-state index contributed by atoms with van der Waals surface area (Å²) in [5.41, 5.74) is 3.30. The van der Waals surface area contributed by atoms with Crippen LogP contribution >= 0.6 is 0 Å². The molecule has 0 saturated carbocycles. The summed E-state index contributed by atoms with van der Waals surface area (Å²) in [4.78, 5) is 4.28. The Kier molecular flexibility index (Phi) is 6.23. The molecule has 134 valence electrons. The van der Waals surface area contributed by atoms with Gasteiger partial charge in [0.05, 0.1) is 12.8 Å². The number of aromatic nitrogens is 1. The zero-order valence-electron chi connectivity index (χ0n) is 15.2. The molecule has 0 bridgehead atoms. The smallest absolute Gasteiger partial charge is 0.130 e. The Balaban J connectivity index is 1.56. The quantitative estimate of drug-likeness (QED) is 0.650. The fourth-order valence-corrected chi connectivity index (χ4v) is 2.69. The van der Waals surface area contributed by atoms with Gasteiger partial charge in [0.25, 0.3) is 0 Å². The van der Waals surface area contributed by atoms with Crippen molar-refractivity contribution >= 4 is 0 Å². The molecule has 1 aromatic heterocycles. The van der Waals surface area contributed by atoms with Crippen molar-refractivity contribution in [1.82, 2.24) is 10.3 Å². The van der Waals surface area contributed by atoms with Gasteiger partial charge in [0.15, 0.2) is 0 Å². The third-order valence-electron chi connectivity index (χ3n) is 4.22. The minimum atomic E-state index is 0.225. The van der Waals surface area contributed by atoms with Crippen LogP contribution in [0.2, 0.25) is 0 Å². The van der Waals surface area contributed by atoms with Crippen molar-refractivity contribution in [2.45, 2.75) is 26.1 Å². The highest BCUT2D eigenvalue weighted by molar-refractivity contribution is 5.31. The second kappa shape index (κ2) is 9.02. The lowest BCUT2D eigenvalue weighted by Gasteiger charge is -2.15. The second-order valence-electron chi connectivity index (χ2n) is 6.14. The molecule has 0 fully saturated rings. The van der Waals surface area contributed by atoms with Crippen molar-refractivity contribution in [3.8, 4) is 11.5 Å². The standard InChI is InChI=1S/C22H24N2O2/c1-17(19-8-6-10-21(14-19)25-2)24-15-18-7-5-11-22(13-18)26-16-20-9-3-4-12-23-20/h3-14,17,24H,15-16H2,1-2H3/t17-/m0/s1. The van der Waals surface area contributed by atoms with Crippen LogP contribution in [0.15, 0.2) is 72.9 Å². The largest absolute Gasteiger partial charge is 0.497 e. The number of nitrogens with one attached hydrogen (secondary N) is 1. The minimum absolute atomic E-state index is 0.225. The number of ether oxygens (including phenoxy) is 2. The third-order valence-corrected chi connectivity index (χ3v) is 4.22. The summed E-state index contributed by atoms with van der Waals surface area (Å²) in [6.45, 7) is 3.38. The van der Waals surface area contributed by atoms with E-state index in [1.54, 1.807) is 13.3 Å². The SMILES string of the molecule is COc1cccc([C@H](C)NCc2cccc(OCc3ccccn3)c2)c1. The highest BCUT2D eigenvalue weighted by Crippen LogP contribution is 2.20. The summed E-state index contributed by atoms with van der Waals surface area (Å²) in [6.07, 6.45) is 1.78. The summed E-state index contributed by atoms with van der Waals surface area (Å²) < 4.78 is 11.1. The first-order valence-electron chi connectivity index (χ1n) is 8.73. The van der Waals surface area contributed by atoms with E-state index in [-0.39, 0.29) is 6.04 Å². The predicted octanol–water partition coefficient (Wildman–Crippen LogP) is 4.52. The molecule has 4 nitrogen and oxygen atoms in total. The molecule has 3 rings (SSSR count). The molecule has 26 heavy (non-hydrogen) atoms. The van der Waals surface area contributed by atoms with Gasteiger partial charge >= 0.3 is 0 Å². The van der Waals surface area contributed by atoms with E-state index in [9.17, 15) is 0 Å². The van der Waals surface area contributed by atoms with Crippen LogP contribution in [0.3, 0.4) is 0 Å². The molecule has 1 heterocycles. The van der Waals surface area contributed by atoms with Gasteiger partial charge in [0, 0.05) is 18.8 Å². The molecule has 0 aliphatic carbocycles. The topological polar surface area (TPSA) is 43.4 Å². The van der Waals surface area contributed by atoms with Gasteiger partial charge in [-0.25, -0.2) is 0 Å². The number of hydrogen-bond donors (Lipinski definition) is 1. The van der Waals surface area contributed by atoms with Crippen LogP contribution < -0.4 is 14.8 Å². The molecule has 0 unspecified atom stereocenters. The average molecular weight is 348 g/mol. The molecule has 1 N–H and O–H groups in total. The minimum Gasteiger partial charge on any atom is -0.497 e. The van der Waals surface area contributed by atoms with Crippen molar-refractivity contribution in [2.24, 2.45) is 0 Å². The molecule has 0 radical (unpaired) electrons. The fourth-order valence-electron chi connectivity index (χ4n) is 2.69. The van der Waals surface area contributed by atoms with Crippen LogP contribution in [-0.2, 0) is 13.2 Å². The molecule has 2 aromatic carbocycles.